The Morgan fingerprint density at radius 1 is 1.25 bits per heavy atom. The molecule has 1 atom stereocenters. The molecule has 150 valence electrons. The van der Waals surface area contributed by atoms with Crippen LogP contribution >= 0.6 is 0 Å². The van der Waals surface area contributed by atoms with Crippen molar-refractivity contribution in [2.24, 2.45) is 0 Å². The molecule has 1 aliphatic heterocycles. The number of aryl methyl sites for hydroxylation is 1. The van der Waals surface area contributed by atoms with Crippen LogP contribution in [0.5, 0.6) is 0 Å². The lowest BCUT2D eigenvalue weighted by Crippen LogP contribution is -2.34. The summed E-state index contributed by atoms with van der Waals surface area (Å²) in [6, 6.07) is 12.9. The summed E-state index contributed by atoms with van der Waals surface area (Å²) in [7, 11) is 2.17. The molecule has 2 aromatic rings. The summed E-state index contributed by atoms with van der Waals surface area (Å²) in [4.78, 5) is 21.5. The van der Waals surface area contributed by atoms with E-state index in [4.69, 9.17) is 4.74 Å². The van der Waals surface area contributed by atoms with Gasteiger partial charge in [-0.05, 0) is 57.0 Å². The SMILES string of the molecule is CCc1ccc(CN(C)[C@H]2CCN(c3ncccc3C(=O)OC(C)C)C2)cc1. The van der Waals surface area contributed by atoms with Gasteiger partial charge in [0.2, 0.25) is 0 Å². The van der Waals surface area contributed by atoms with E-state index in [0.717, 1.165) is 38.3 Å². The average molecular weight is 382 g/mol. The number of hydrogen-bond donors (Lipinski definition) is 0. The van der Waals surface area contributed by atoms with Gasteiger partial charge in [-0.2, -0.15) is 0 Å². The van der Waals surface area contributed by atoms with Crippen LogP contribution in [0.2, 0.25) is 0 Å². The standard InChI is InChI=1S/C23H31N3O2/c1-5-18-8-10-19(11-9-18)15-25(4)20-12-14-26(16-20)22-21(7-6-13-24-22)23(27)28-17(2)3/h6-11,13,17,20H,5,12,14-16H2,1-4H3/t20-/m0/s1. The van der Waals surface area contributed by atoms with Gasteiger partial charge in [-0.15, -0.1) is 0 Å². The molecular formula is C23H31N3O2. The van der Waals surface area contributed by atoms with Crippen molar-refractivity contribution in [3.63, 3.8) is 0 Å². The number of esters is 1. The molecule has 0 unspecified atom stereocenters. The monoisotopic (exact) mass is 381 g/mol. The summed E-state index contributed by atoms with van der Waals surface area (Å²) in [5.41, 5.74) is 3.25. The van der Waals surface area contributed by atoms with Crippen molar-refractivity contribution in [2.75, 3.05) is 25.0 Å². The third kappa shape index (κ3) is 4.90. The first-order valence-electron chi connectivity index (χ1n) is 10.2. The molecule has 0 bridgehead atoms. The van der Waals surface area contributed by atoms with E-state index in [1.807, 2.05) is 13.8 Å². The number of hydrogen-bond acceptors (Lipinski definition) is 5. The van der Waals surface area contributed by atoms with Gasteiger partial charge in [-0.3, -0.25) is 4.90 Å². The second-order valence-corrected chi connectivity index (χ2v) is 7.80. The molecule has 5 nitrogen and oxygen atoms in total. The van der Waals surface area contributed by atoms with E-state index in [1.165, 1.54) is 11.1 Å². The van der Waals surface area contributed by atoms with Crippen LogP contribution in [0, 0.1) is 0 Å². The molecule has 0 amide bonds. The van der Waals surface area contributed by atoms with Crippen molar-refractivity contribution < 1.29 is 9.53 Å². The normalized spacial score (nSPS) is 16.8. The lowest BCUT2D eigenvalue weighted by atomic mass is 10.1. The summed E-state index contributed by atoms with van der Waals surface area (Å²) in [5, 5.41) is 0. The maximum atomic E-state index is 12.4. The number of ether oxygens (including phenoxy) is 1. The molecule has 0 aliphatic carbocycles. The van der Waals surface area contributed by atoms with Crippen LogP contribution in [0.15, 0.2) is 42.6 Å². The molecule has 0 radical (unpaired) electrons. The predicted molar refractivity (Wildman–Crippen MR) is 113 cm³/mol. The van der Waals surface area contributed by atoms with Crippen LogP contribution in [-0.4, -0.2) is 48.1 Å². The first-order valence-corrected chi connectivity index (χ1v) is 10.2. The van der Waals surface area contributed by atoms with Gasteiger partial charge < -0.3 is 9.64 Å². The smallest absolute Gasteiger partial charge is 0.342 e. The number of nitrogens with zero attached hydrogens (tertiary/aromatic N) is 3. The topological polar surface area (TPSA) is 45.7 Å². The van der Waals surface area contributed by atoms with Gasteiger partial charge in [0.25, 0.3) is 0 Å². The van der Waals surface area contributed by atoms with Crippen LogP contribution in [0.4, 0.5) is 5.82 Å². The van der Waals surface area contributed by atoms with Crippen molar-refractivity contribution in [1.29, 1.82) is 0 Å². The molecule has 1 aliphatic rings. The minimum Gasteiger partial charge on any atom is -0.459 e. The minimum absolute atomic E-state index is 0.142. The molecule has 0 saturated carbocycles. The van der Waals surface area contributed by atoms with Crippen LogP contribution in [0.25, 0.3) is 0 Å². The fourth-order valence-electron chi connectivity index (χ4n) is 3.68. The molecule has 1 aromatic heterocycles. The summed E-state index contributed by atoms with van der Waals surface area (Å²) in [6.07, 6.45) is 3.73. The first kappa shape index (κ1) is 20.3. The Kier molecular flexibility index (Phi) is 6.68. The molecule has 0 N–H and O–H groups in total. The van der Waals surface area contributed by atoms with Crippen molar-refractivity contribution in [1.82, 2.24) is 9.88 Å². The van der Waals surface area contributed by atoms with Gasteiger partial charge in [0.1, 0.15) is 11.4 Å². The highest BCUT2D eigenvalue weighted by Crippen LogP contribution is 2.25. The summed E-state index contributed by atoms with van der Waals surface area (Å²) >= 11 is 0. The van der Waals surface area contributed by atoms with Crippen LogP contribution < -0.4 is 4.90 Å². The highest BCUT2D eigenvalue weighted by atomic mass is 16.5. The number of pyridine rings is 1. The van der Waals surface area contributed by atoms with Gasteiger partial charge in [-0.1, -0.05) is 31.2 Å². The molecule has 5 heteroatoms. The Bertz CT molecular complexity index is 789. The highest BCUT2D eigenvalue weighted by molar-refractivity contribution is 5.94. The number of likely N-dealkylation sites (N-methyl/N-ethyl adjacent to an activating group) is 1. The lowest BCUT2D eigenvalue weighted by Gasteiger charge is -2.25. The Labute approximate surface area is 168 Å². The molecule has 2 heterocycles. The molecular weight excluding hydrogens is 350 g/mol. The lowest BCUT2D eigenvalue weighted by molar-refractivity contribution is 0.0378. The molecule has 1 aromatic carbocycles. The quantitative estimate of drug-likeness (QED) is 0.680. The number of carbonyl (C=O) groups excluding carboxylic acids is 1. The maximum absolute atomic E-state index is 12.4. The van der Waals surface area contributed by atoms with E-state index >= 15 is 0 Å². The third-order valence-corrected chi connectivity index (χ3v) is 5.30. The minimum atomic E-state index is -0.300. The molecule has 28 heavy (non-hydrogen) atoms. The Balaban J connectivity index is 1.65. The number of rotatable bonds is 7. The Morgan fingerprint density at radius 3 is 2.64 bits per heavy atom. The van der Waals surface area contributed by atoms with E-state index < -0.39 is 0 Å². The first-order chi connectivity index (χ1) is 13.5. The maximum Gasteiger partial charge on any atom is 0.342 e. The summed E-state index contributed by atoms with van der Waals surface area (Å²) in [5.74, 6) is 0.433. The average Bonchev–Trinajstić information content (AvgIpc) is 3.18. The fraction of sp³-hybridized carbons (Fsp3) is 0.478. The Hall–Kier alpha value is -2.40. The van der Waals surface area contributed by atoms with Crippen molar-refractivity contribution in [3.8, 4) is 0 Å². The van der Waals surface area contributed by atoms with Gasteiger partial charge in [0, 0.05) is 31.9 Å². The zero-order chi connectivity index (χ0) is 20.1. The number of benzene rings is 1. The highest BCUT2D eigenvalue weighted by Gasteiger charge is 2.29. The summed E-state index contributed by atoms with van der Waals surface area (Å²) < 4.78 is 5.39. The predicted octanol–water partition coefficient (Wildman–Crippen LogP) is 3.92. The molecule has 1 saturated heterocycles. The second kappa shape index (κ2) is 9.20. The van der Waals surface area contributed by atoms with Crippen molar-refractivity contribution in [2.45, 2.75) is 52.3 Å². The largest absolute Gasteiger partial charge is 0.459 e. The van der Waals surface area contributed by atoms with Crippen molar-refractivity contribution >= 4 is 11.8 Å². The third-order valence-electron chi connectivity index (χ3n) is 5.30. The van der Waals surface area contributed by atoms with Gasteiger partial charge in [-0.25, -0.2) is 9.78 Å². The van der Waals surface area contributed by atoms with E-state index in [2.05, 4.69) is 53.0 Å². The number of anilines is 1. The zero-order valence-electron chi connectivity index (χ0n) is 17.4. The van der Waals surface area contributed by atoms with E-state index in [1.54, 1.807) is 18.3 Å². The van der Waals surface area contributed by atoms with Gasteiger partial charge >= 0.3 is 5.97 Å². The van der Waals surface area contributed by atoms with Gasteiger partial charge in [0.15, 0.2) is 0 Å². The fourth-order valence-corrected chi connectivity index (χ4v) is 3.68. The number of aromatic nitrogens is 1. The second-order valence-electron chi connectivity index (χ2n) is 7.80. The molecule has 3 rings (SSSR count). The zero-order valence-corrected chi connectivity index (χ0v) is 17.4. The van der Waals surface area contributed by atoms with E-state index in [-0.39, 0.29) is 12.1 Å². The van der Waals surface area contributed by atoms with E-state index in [9.17, 15) is 4.79 Å². The molecule has 0 spiro atoms. The van der Waals surface area contributed by atoms with Crippen molar-refractivity contribution in [3.05, 3.63) is 59.3 Å². The Morgan fingerprint density at radius 2 is 1.96 bits per heavy atom. The van der Waals surface area contributed by atoms with Crippen LogP contribution in [-0.2, 0) is 17.7 Å². The van der Waals surface area contributed by atoms with E-state index in [0.29, 0.717) is 11.6 Å². The van der Waals surface area contributed by atoms with Gasteiger partial charge in [0.05, 0.1) is 6.10 Å². The molecule has 1 fully saturated rings. The van der Waals surface area contributed by atoms with Crippen LogP contribution in [0.1, 0.15) is 48.7 Å². The van der Waals surface area contributed by atoms with Crippen LogP contribution in [0.3, 0.4) is 0 Å². The summed E-state index contributed by atoms with van der Waals surface area (Å²) in [6.45, 7) is 8.58. The number of carbonyl (C=O) groups is 1.